The summed E-state index contributed by atoms with van der Waals surface area (Å²) in [6, 6.07) is 8.88. The molecule has 0 spiro atoms. The van der Waals surface area contributed by atoms with E-state index in [4.69, 9.17) is 13.9 Å². The Bertz CT molecular complexity index is 1560. The molecule has 10 heteroatoms. The molecular formula is C25H22O10. The Morgan fingerprint density at radius 3 is 1.63 bits per heavy atom. The van der Waals surface area contributed by atoms with Crippen molar-refractivity contribution < 1.29 is 38.5 Å². The van der Waals surface area contributed by atoms with Crippen molar-refractivity contribution in [1.82, 2.24) is 0 Å². The zero-order valence-electron chi connectivity index (χ0n) is 19.1. The van der Waals surface area contributed by atoms with Gasteiger partial charge in [-0.1, -0.05) is 0 Å². The molecule has 2 aromatic carbocycles. The van der Waals surface area contributed by atoms with E-state index in [1.165, 1.54) is 31.4 Å². The van der Waals surface area contributed by atoms with E-state index >= 15 is 0 Å². The molecule has 0 aliphatic rings. The number of aromatic hydroxyl groups is 2. The average molecular weight is 482 g/mol. The Balaban J connectivity index is 0.000000196. The molecule has 0 unspecified atom stereocenters. The van der Waals surface area contributed by atoms with Gasteiger partial charge < -0.3 is 28.9 Å². The van der Waals surface area contributed by atoms with Crippen LogP contribution in [0.25, 0.3) is 21.9 Å². The van der Waals surface area contributed by atoms with E-state index < -0.39 is 23.2 Å². The Kier molecular flexibility index (Phi) is 7.24. The van der Waals surface area contributed by atoms with Crippen molar-refractivity contribution in [2.45, 2.75) is 26.7 Å². The van der Waals surface area contributed by atoms with E-state index in [9.17, 15) is 29.4 Å². The highest BCUT2D eigenvalue weighted by molar-refractivity contribution is 5.84. The number of aliphatic carboxylic acids is 1. The van der Waals surface area contributed by atoms with Crippen LogP contribution in [-0.4, -0.2) is 34.4 Å². The highest BCUT2D eigenvalue weighted by atomic mass is 16.5. The molecular weight excluding hydrogens is 460 g/mol. The van der Waals surface area contributed by atoms with Crippen LogP contribution in [0.5, 0.6) is 11.5 Å². The fourth-order valence-electron chi connectivity index (χ4n) is 3.54. The summed E-state index contributed by atoms with van der Waals surface area (Å²) in [6.45, 7) is 3.39. The Labute approximate surface area is 197 Å². The Hall–Kier alpha value is -4.60. The van der Waals surface area contributed by atoms with Gasteiger partial charge in [-0.3, -0.25) is 9.59 Å². The molecule has 0 aliphatic heterocycles. The number of carbonyl (C=O) groups excluding carboxylic acids is 1. The zero-order valence-corrected chi connectivity index (χ0v) is 19.1. The summed E-state index contributed by atoms with van der Waals surface area (Å²) in [6.07, 6.45) is -0.494. The van der Waals surface area contributed by atoms with E-state index in [1.54, 1.807) is 26.0 Å². The second kappa shape index (κ2) is 10.1. The van der Waals surface area contributed by atoms with Gasteiger partial charge >= 0.3 is 23.2 Å². The smallest absolute Gasteiger partial charge is 0.340 e. The van der Waals surface area contributed by atoms with Gasteiger partial charge in [0.2, 0.25) is 0 Å². The fourth-order valence-corrected chi connectivity index (χ4v) is 3.54. The molecule has 0 atom stereocenters. The molecule has 2 aromatic heterocycles. The van der Waals surface area contributed by atoms with Gasteiger partial charge in [-0.05, 0) is 49.2 Å². The normalized spacial score (nSPS) is 10.6. The third kappa shape index (κ3) is 5.49. The first-order valence-electron chi connectivity index (χ1n) is 10.3. The van der Waals surface area contributed by atoms with Gasteiger partial charge in [0, 0.05) is 22.9 Å². The molecule has 3 N–H and O–H groups in total. The molecule has 10 nitrogen and oxygen atoms in total. The number of hydrogen-bond donors (Lipinski definition) is 3. The van der Waals surface area contributed by atoms with E-state index in [-0.39, 0.29) is 41.1 Å². The molecule has 2 heterocycles. The van der Waals surface area contributed by atoms with Crippen molar-refractivity contribution in [2.24, 2.45) is 0 Å². The molecule has 0 saturated heterocycles. The first kappa shape index (κ1) is 25.0. The van der Waals surface area contributed by atoms with Crippen molar-refractivity contribution in [1.29, 1.82) is 0 Å². The molecule has 4 aromatic rings. The number of methoxy groups -OCH3 is 1. The SMILES string of the molecule is COC(=O)Cc1c(C)c2ccc(O)cc2oc1=O.Cc1c(CC(=O)O)c(=O)oc2cc(O)ccc12. The second-order valence-corrected chi connectivity index (χ2v) is 7.67. The number of phenols is 2. The number of aryl methyl sites for hydroxylation is 2. The van der Waals surface area contributed by atoms with Crippen molar-refractivity contribution in [2.75, 3.05) is 7.11 Å². The lowest BCUT2D eigenvalue weighted by molar-refractivity contribution is -0.140. The molecule has 4 rings (SSSR count). The van der Waals surface area contributed by atoms with Gasteiger partial charge in [0.05, 0.1) is 31.1 Å². The summed E-state index contributed by atoms with van der Waals surface area (Å²) in [4.78, 5) is 45.2. The predicted molar refractivity (Wildman–Crippen MR) is 125 cm³/mol. The summed E-state index contributed by atoms with van der Waals surface area (Å²) in [5.41, 5.74) is 0.924. The minimum absolute atomic E-state index is 0.00830. The summed E-state index contributed by atoms with van der Waals surface area (Å²) in [5, 5.41) is 28.6. The van der Waals surface area contributed by atoms with Crippen molar-refractivity contribution in [3.8, 4) is 11.5 Å². The van der Waals surface area contributed by atoms with Crippen LogP contribution >= 0.6 is 0 Å². The number of benzene rings is 2. The quantitative estimate of drug-likeness (QED) is 0.291. The monoisotopic (exact) mass is 482 g/mol. The molecule has 0 amide bonds. The molecule has 182 valence electrons. The lowest BCUT2D eigenvalue weighted by Gasteiger charge is -2.06. The van der Waals surface area contributed by atoms with E-state index in [0.29, 0.717) is 27.5 Å². The maximum Gasteiger partial charge on any atom is 0.340 e. The van der Waals surface area contributed by atoms with Gasteiger partial charge in [-0.25, -0.2) is 9.59 Å². The third-order valence-electron chi connectivity index (χ3n) is 5.42. The summed E-state index contributed by atoms with van der Waals surface area (Å²) >= 11 is 0. The molecule has 0 bridgehead atoms. The van der Waals surface area contributed by atoms with Crippen molar-refractivity contribution >= 4 is 33.9 Å². The van der Waals surface area contributed by atoms with Crippen LogP contribution in [0.1, 0.15) is 22.3 Å². The predicted octanol–water partition coefficient (Wildman–Crippen LogP) is 2.96. The molecule has 0 radical (unpaired) electrons. The second-order valence-electron chi connectivity index (χ2n) is 7.67. The highest BCUT2D eigenvalue weighted by Gasteiger charge is 2.16. The summed E-state index contributed by atoms with van der Waals surface area (Å²) < 4.78 is 14.6. The number of carboxylic acids is 1. The summed E-state index contributed by atoms with van der Waals surface area (Å²) in [7, 11) is 1.26. The Morgan fingerprint density at radius 1 is 0.800 bits per heavy atom. The zero-order chi connectivity index (χ0) is 25.9. The van der Waals surface area contributed by atoms with Gasteiger partial charge in [0.1, 0.15) is 22.7 Å². The number of hydrogen-bond acceptors (Lipinski definition) is 9. The lowest BCUT2D eigenvalue weighted by Crippen LogP contribution is -2.16. The van der Waals surface area contributed by atoms with Crippen LogP contribution in [-0.2, 0) is 27.2 Å². The van der Waals surface area contributed by atoms with Crippen LogP contribution in [0.3, 0.4) is 0 Å². The van der Waals surface area contributed by atoms with Crippen molar-refractivity contribution in [3.63, 3.8) is 0 Å². The summed E-state index contributed by atoms with van der Waals surface area (Å²) in [5.74, 6) is -1.57. The highest BCUT2D eigenvalue weighted by Crippen LogP contribution is 2.24. The first-order valence-corrected chi connectivity index (χ1v) is 10.3. The van der Waals surface area contributed by atoms with Crippen LogP contribution < -0.4 is 11.3 Å². The van der Waals surface area contributed by atoms with Gasteiger partial charge in [-0.15, -0.1) is 0 Å². The van der Waals surface area contributed by atoms with Crippen LogP contribution in [0.2, 0.25) is 0 Å². The van der Waals surface area contributed by atoms with Crippen molar-refractivity contribution in [3.05, 3.63) is 79.5 Å². The number of ether oxygens (including phenoxy) is 1. The van der Waals surface area contributed by atoms with Crippen LogP contribution in [0.15, 0.2) is 54.8 Å². The molecule has 0 aliphatic carbocycles. The minimum Gasteiger partial charge on any atom is -0.508 e. The number of esters is 1. The third-order valence-corrected chi connectivity index (χ3v) is 5.42. The maximum absolute atomic E-state index is 11.8. The topological polar surface area (TPSA) is 164 Å². The number of fused-ring (bicyclic) bond motifs is 2. The lowest BCUT2D eigenvalue weighted by atomic mass is 10.0. The van der Waals surface area contributed by atoms with E-state index in [0.717, 1.165) is 0 Å². The number of carboxylic acid groups (broad SMARTS) is 1. The van der Waals surface area contributed by atoms with Gasteiger partial charge in [0.15, 0.2) is 0 Å². The maximum atomic E-state index is 11.8. The molecule has 0 fully saturated rings. The average Bonchev–Trinajstić information content (AvgIpc) is 2.79. The first-order chi connectivity index (χ1) is 16.5. The van der Waals surface area contributed by atoms with Gasteiger partial charge in [0.25, 0.3) is 0 Å². The molecule has 35 heavy (non-hydrogen) atoms. The van der Waals surface area contributed by atoms with Crippen LogP contribution in [0, 0.1) is 13.8 Å². The number of carbonyl (C=O) groups is 2. The Morgan fingerprint density at radius 2 is 1.23 bits per heavy atom. The molecule has 0 saturated carbocycles. The van der Waals surface area contributed by atoms with Gasteiger partial charge in [-0.2, -0.15) is 0 Å². The number of rotatable bonds is 4. The van der Waals surface area contributed by atoms with Crippen LogP contribution in [0.4, 0.5) is 0 Å². The standard InChI is InChI=1S/C13H12O5.C12H10O5/c1-7-9-4-3-8(14)5-11(9)18-13(16)10(7)6-12(15)17-2;1-6-8-3-2-7(13)4-10(8)17-12(16)9(6)5-11(14)15/h3-5,14H,6H2,1-2H3;2-4,13H,5H2,1H3,(H,14,15). The number of phenolic OH excluding ortho intramolecular Hbond substituents is 2. The minimum atomic E-state index is -1.08. The van der Waals surface area contributed by atoms with E-state index in [1.807, 2.05) is 0 Å². The largest absolute Gasteiger partial charge is 0.508 e. The fraction of sp³-hybridized carbons (Fsp3) is 0.200. The van der Waals surface area contributed by atoms with E-state index in [2.05, 4.69) is 4.74 Å².